The highest BCUT2D eigenvalue weighted by Gasteiger charge is 2.16. The molecule has 2 aromatic rings. The highest BCUT2D eigenvalue weighted by Crippen LogP contribution is 2.33. The van der Waals surface area contributed by atoms with Crippen molar-refractivity contribution in [2.75, 3.05) is 13.7 Å². The molecular formula is C17H17NO3S. The van der Waals surface area contributed by atoms with Gasteiger partial charge < -0.3 is 10.1 Å². The van der Waals surface area contributed by atoms with Crippen LogP contribution < -0.4 is 5.32 Å². The van der Waals surface area contributed by atoms with Gasteiger partial charge in [0.25, 0.3) is 5.91 Å². The summed E-state index contributed by atoms with van der Waals surface area (Å²) in [5, 5.41) is 2.62. The summed E-state index contributed by atoms with van der Waals surface area (Å²) in [4.78, 5) is 25.5. The molecule has 0 radical (unpaired) electrons. The van der Waals surface area contributed by atoms with E-state index in [0.717, 1.165) is 9.79 Å². The molecule has 0 unspecified atom stereocenters. The maximum Gasteiger partial charge on any atom is 0.339 e. The van der Waals surface area contributed by atoms with Crippen LogP contribution in [0, 0.1) is 0 Å². The van der Waals surface area contributed by atoms with Gasteiger partial charge in [0.05, 0.1) is 17.7 Å². The molecule has 1 amide bonds. The maximum absolute atomic E-state index is 12.0. The molecular weight excluding hydrogens is 298 g/mol. The Kier molecular flexibility index (Phi) is 5.61. The molecule has 0 fully saturated rings. The Labute approximate surface area is 133 Å². The number of rotatable bonds is 5. The predicted octanol–water partition coefficient (Wildman–Crippen LogP) is 3.37. The Balaban J connectivity index is 2.36. The van der Waals surface area contributed by atoms with Crippen LogP contribution in [0.3, 0.4) is 0 Å². The predicted molar refractivity (Wildman–Crippen MR) is 86.4 cm³/mol. The molecule has 0 aliphatic rings. The third-order valence-electron chi connectivity index (χ3n) is 2.96. The van der Waals surface area contributed by atoms with Gasteiger partial charge >= 0.3 is 5.97 Å². The Hall–Kier alpha value is -2.27. The molecule has 0 heterocycles. The Morgan fingerprint density at radius 2 is 1.55 bits per heavy atom. The number of esters is 1. The Morgan fingerprint density at radius 1 is 1.00 bits per heavy atom. The summed E-state index contributed by atoms with van der Waals surface area (Å²) in [6.07, 6.45) is 0. The van der Waals surface area contributed by atoms with Crippen LogP contribution in [0.15, 0.2) is 58.3 Å². The standard InChI is InChI=1S/C17H17NO3S/c1-3-21-17(20)13-9-5-7-11-15(13)22-14-10-6-4-8-12(14)16(19)18-2/h4-11H,3H2,1-2H3,(H,18,19). The van der Waals surface area contributed by atoms with Crippen LogP contribution in [0.5, 0.6) is 0 Å². The first kappa shape index (κ1) is 16.1. The highest BCUT2D eigenvalue weighted by atomic mass is 32.2. The van der Waals surface area contributed by atoms with Crippen LogP contribution in [0.2, 0.25) is 0 Å². The van der Waals surface area contributed by atoms with Gasteiger partial charge in [0.1, 0.15) is 0 Å². The monoisotopic (exact) mass is 315 g/mol. The number of benzene rings is 2. The molecule has 0 saturated carbocycles. The normalized spacial score (nSPS) is 10.1. The fourth-order valence-corrected chi connectivity index (χ4v) is 2.99. The summed E-state index contributed by atoms with van der Waals surface area (Å²) in [6, 6.07) is 14.5. The van der Waals surface area contributed by atoms with E-state index < -0.39 is 0 Å². The third kappa shape index (κ3) is 3.68. The van der Waals surface area contributed by atoms with Crippen molar-refractivity contribution in [3.8, 4) is 0 Å². The summed E-state index contributed by atoms with van der Waals surface area (Å²) < 4.78 is 5.07. The quantitative estimate of drug-likeness (QED) is 0.860. The SMILES string of the molecule is CCOC(=O)c1ccccc1Sc1ccccc1C(=O)NC. The molecule has 2 aromatic carbocycles. The lowest BCUT2D eigenvalue weighted by Gasteiger charge is -2.11. The van der Waals surface area contributed by atoms with Crippen LogP contribution in [0.4, 0.5) is 0 Å². The maximum atomic E-state index is 12.0. The van der Waals surface area contributed by atoms with E-state index in [4.69, 9.17) is 4.74 Å². The summed E-state index contributed by atoms with van der Waals surface area (Å²) in [6.45, 7) is 2.10. The zero-order valence-corrected chi connectivity index (χ0v) is 13.3. The van der Waals surface area contributed by atoms with Crippen molar-refractivity contribution in [3.63, 3.8) is 0 Å². The first-order valence-electron chi connectivity index (χ1n) is 6.92. The van der Waals surface area contributed by atoms with E-state index in [0.29, 0.717) is 17.7 Å². The largest absolute Gasteiger partial charge is 0.462 e. The van der Waals surface area contributed by atoms with Gasteiger partial charge in [-0.05, 0) is 31.2 Å². The molecule has 0 spiro atoms. The third-order valence-corrected chi connectivity index (χ3v) is 4.11. The van der Waals surface area contributed by atoms with Crippen LogP contribution >= 0.6 is 11.8 Å². The lowest BCUT2D eigenvalue weighted by Crippen LogP contribution is -2.18. The van der Waals surface area contributed by atoms with E-state index in [9.17, 15) is 9.59 Å². The minimum absolute atomic E-state index is 0.156. The van der Waals surface area contributed by atoms with Gasteiger partial charge in [0.2, 0.25) is 0 Å². The number of carbonyl (C=O) groups excluding carboxylic acids is 2. The number of carbonyl (C=O) groups is 2. The van der Waals surface area contributed by atoms with E-state index in [-0.39, 0.29) is 11.9 Å². The van der Waals surface area contributed by atoms with E-state index in [1.807, 2.05) is 30.3 Å². The second kappa shape index (κ2) is 7.66. The first-order chi connectivity index (χ1) is 10.7. The van der Waals surface area contributed by atoms with E-state index in [1.54, 1.807) is 32.2 Å². The van der Waals surface area contributed by atoms with Gasteiger partial charge in [-0.15, -0.1) is 0 Å². The van der Waals surface area contributed by atoms with E-state index >= 15 is 0 Å². The minimum atomic E-state index is -0.358. The van der Waals surface area contributed by atoms with Crippen molar-refractivity contribution in [1.82, 2.24) is 5.32 Å². The second-order valence-electron chi connectivity index (χ2n) is 4.39. The summed E-state index contributed by atoms with van der Waals surface area (Å²) in [7, 11) is 1.59. The summed E-state index contributed by atoms with van der Waals surface area (Å²) in [5.41, 5.74) is 1.08. The van der Waals surface area contributed by atoms with Crippen LogP contribution in [-0.2, 0) is 4.74 Å². The summed E-state index contributed by atoms with van der Waals surface area (Å²) >= 11 is 1.38. The van der Waals surface area contributed by atoms with Gasteiger partial charge in [0.15, 0.2) is 0 Å². The van der Waals surface area contributed by atoms with Crippen LogP contribution in [0.1, 0.15) is 27.6 Å². The van der Waals surface area contributed by atoms with Crippen molar-refractivity contribution in [2.45, 2.75) is 16.7 Å². The highest BCUT2D eigenvalue weighted by molar-refractivity contribution is 7.99. The average molecular weight is 315 g/mol. The molecule has 22 heavy (non-hydrogen) atoms. The molecule has 0 atom stereocenters. The fourth-order valence-electron chi connectivity index (χ4n) is 1.93. The van der Waals surface area contributed by atoms with Crippen molar-refractivity contribution in [1.29, 1.82) is 0 Å². The molecule has 2 rings (SSSR count). The zero-order chi connectivity index (χ0) is 15.9. The molecule has 0 bridgehead atoms. The second-order valence-corrected chi connectivity index (χ2v) is 5.48. The molecule has 4 nitrogen and oxygen atoms in total. The number of amides is 1. The molecule has 0 saturated heterocycles. The fraction of sp³-hybridized carbons (Fsp3) is 0.176. The molecule has 0 aliphatic carbocycles. The molecule has 0 aliphatic heterocycles. The van der Waals surface area contributed by atoms with Crippen LogP contribution in [0.25, 0.3) is 0 Å². The van der Waals surface area contributed by atoms with Crippen molar-refractivity contribution in [3.05, 3.63) is 59.7 Å². The number of ether oxygens (including phenoxy) is 1. The lowest BCUT2D eigenvalue weighted by atomic mass is 10.2. The van der Waals surface area contributed by atoms with Crippen molar-refractivity contribution in [2.24, 2.45) is 0 Å². The smallest absolute Gasteiger partial charge is 0.339 e. The van der Waals surface area contributed by atoms with E-state index in [2.05, 4.69) is 5.32 Å². The summed E-state index contributed by atoms with van der Waals surface area (Å²) in [5.74, 6) is -0.514. The van der Waals surface area contributed by atoms with Crippen molar-refractivity contribution >= 4 is 23.6 Å². The topological polar surface area (TPSA) is 55.4 Å². The van der Waals surface area contributed by atoms with Crippen LogP contribution in [-0.4, -0.2) is 25.5 Å². The number of nitrogens with one attached hydrogen (secondary N) is 1. The van der Waals surface area contributed by atoms with Crippen molar-refractivity contribution < 1.29 is 14.3 Å². The van der Waals surface area contributed by atoms with E-state index in [1.165, 1.54) is 11.8 Å². The van der Waals surface area contributed by atoms with Gasteiger partial charge in [0, 0.05) is 16.8 Å². The molecule has 114 valence electrons. The van der Waals surface area contributed by atoms with Gasteiger partial charge in [-0.25, -0.2) is 4.79 Å². The Morgan fingerprint density at radius 3 is 2.14 bits per heavy atom. The molecule has 0 aromatic heterocycles. The number of hydrogen-bond donors (Lipinski definition) is 1. The Bertz CT molecular complexity index is 685. The zero-order valence-electron chi connectivity index (χ0n) is 12.5. The first-order valence-corrected chi connectivity index (χ1v) is 7.74. The number of hydrogen-bond acceptors (Lipinski definition) is 4. The van der Waals surface area contributed by atoms with Gasteiger partial charge in [-0.1, -0.05) is 36.0 Å². The lowest BCUT2D eigenvalue weighted by molar-refractivity contribution is 0.0522. The van der Waals surface area contributed by atoms with Gasteiger partial charge in [-0.3, -0.25) is 4.79 Å². The average Bonchev–Trinajstić information content (AvgIpc) is 2.55. The minimum Gasteiger partial charge on any atom is -0.462 e. The molecule has 5 heteroatoms. The van der Waals surface area contributed by atoms with Gasteiger partial charge in [-0.2, -0.15) is 0 Å². The molecule has 1 N–H and O–H groups in total.